The van der Waals surface area contributed by atoms with Gasteiger partial charge in [0.25, 0.3) is 0 Å². The van der Waals surface area contributed by atoms with Gasteiger partial charge < -0.3 is 24.6 Å². The number of aliphatic hydroxyl groups excluding tert-OH is 1. The van der Waals surface area contributed by atoms with Gasteiger partial charge in [0.1, 0.15) is 5.60 Å². The summed E-state index contributed by atoms with van der Waals surface area (Å²) in [5.41, 5.74) is -1.54. The first-order chi connectivity index (χ1) is 10.3. The monoisotopic (exact) mass is 375 g/mol. The number of allylic oxidation sites excluding steroid dienone is 2. The van der Waals surface area contributed by atoms with E-state index in [1.807, 2.05) is 0 Å². The predicted molar refractivity (Wildman–Crippen MR) is 79.6 cm³/mol. The Bertz CT molecular complexity index is 560. The lowest BCUT2D eigenvalue weighted by Crippen LogP contribution is -2.67. The third-order valence-electron chi connectivity index (χ3n) is 3.69. The summed E-state index contributed by atoms with van der Waals surface area (Å²) in [5.74, 6) is -3.52. The Morgan fingerprint density at radius 1 is 1.55 bits per heavy atom. The molecule has 2 heterocycles. The van der Waals surface area contributed by atoms with Crippen molar-refractivity contribution in [3.8, 4) is 0 Å². The van der Waals surface area contributed by atoms with Gasteiger partial charge in [-0.3, -0.25) is 9.59 Å². The van der Waals surface area contributed by atoms with E-state index >= 15 is 0 Å². The number of nitrogens with zero attached hydrogens (tertiary/aromatic N) is 1. The molecule has 0 amide bonds. The maximum atomic E-state index is 12.8. The van der Waals surface area contributed by atoms with E-state index in [2.05, 4.69) is 15.9 Å². The Morgan fingerprint density at radius 3 is 2.77 bits per heavy atom. The molecular formula is C14H18BrNO6. The molecule has 2 N–H and O–H groups in total. The van der Waals surface area contributed by atoms with Gasteiger partial charge in [0.15, 0.2) is 0 Å². The number of hydrogen-bond donors (Lipinski definition) is 2. The third-order valence-corrected chi connectivity index (χ3v) is 4.22. The smallest absolute Gasteiger partial charge is 0.318 e. The fraction of sp³-hybridized carbons (Fsp3) is 0.571. The first-order valence-corrected chi connectivity index (χ1v) is 7.54. The van der Waals surface area contributed by atoms with Crippen molar-refractivity contribution in [2.45, 2.75) is 31.2 Å². The lowest BCUT2D eigenvalue weighted by molar-refractivity contribution is -0.229. The van der Waals surface area contributed by atoms with E-state index < -0.39 is 23.1 Å². The van der Waals surface area contributed by atoms with Gasteiger partial charge in [-0.1, -0.05) is 22.0 Å². The molecule has 22 heavy (non-hydrogen) atoms. The number of fused-ring (bicyclic) bond motifs is 1. The Hall–Kier alpha value is -1.22. The van der Waals surface area contributed by atoms with Crippen molar-refractivity contribution >= 4 is 27.7 Å². The zero-order valence-electron chi connectivity index (χ0n) is 12.3. The van der Waals surface area contributed by atoms with Crippen LogP contribution in [-0.2, 0) is 19.1 Å². The molecule has 0 aromatic carbocycles. The van der Waals surface area contributed by atoms with Crippen LogP contribution in [0.3, 0.4) is 0 Å². The molecule has 2 aliphatic heterocycles. The van der Waals surface area contributed by atoms with Crippen LogP contribution in [-0.4, -0.2) is 58.5 Å². The van der Waals surface area contributed by atoms with Crippen LogP contribution in [0.1, 0.15) is 19.8 Å². The zero-order chi connectivity index (χ0) is 16.5. The van der Waals surface area contributed by atoms with Crippen LogP contribution >= 0.6 is 15.9 Å². The highest BCUT2D eigenvalue weighted by atomic mass is 79.9. The Kier molecular flexibility index (Phi) is 4.76. The molecule has 0 saturated carbocycles. The normalized spacial score (nSPS) is 31.3. The number of carbonyl (C=O) groups is 2. The van der Waals surface area contributed by atoms with Crippen LogP contribution in [0.15, 0.2) is 22.5 Å². The lowest BCUT2D eigenvalue weighted by Gasteiger charge is -2.48. The van der Waals surface area contributed by atoms with Crippen LogP contribution < -0.4 is 0 Å². The zero-order valence-corrected chi connectivity index (χ0v) is 13.9. The summed E-state index contributed by atoms with van der Waals surface area (Å²) in [6.45, 7) is 0.715. The number of hydrogen-bond acceptors (Lipinski definition) is 7. The molecule has 0 spiro atoms. The van der Waals surface area contributed by atoms with Crippen molar-refractivity contribution in [3.63, 3.8) is 0 Å². The number of carbonyl (C=O) groups excluding carboxylic acids is 2. The average Bonchev–Trinajstić information content (AvgIpc) is 2.43. The van der Waals surface area contributed by atoms with Gasteiger partial charge in [0, 0.05) is 44.2 Å². The molecule has 2 atom stereocenters. The second-order valence-corrected chi connectivity index (χ2v) is 6.26. The Labute approximate surface area is 136 Å². The maximum Gasteiger partial charge on any atom is 0.318 e. The average molecular weight is 376 g/mol. The van der Waals surface area contributed by atoms with Gasteiger partial charge in [-0.15, -0.1) is 0 Å². The van der Waals surface area contributed by atoms with E-state index in [0.717, 1.165) is 11.4 Å². The summed E-state index contributed by atoms with van der Waals surface area (Å²) < 4.78 is 11.3. The van der Waals surface area contributed by atoms with Crippen LogP contribution in [0.4, 0.5) is 0 Å². The van der Waals surface area contributed by atoms with E-state index in [1.165, 1.54) is 7.11 Å². The molecule has 122 valence electrons. The first kappa shape index (κ1) is 17.1. The SMILES string of the molecule is COC1(OC(C)=O)C(=O)C(O)(CCO)CN2C=C(Br)CC=C21. The number of methoxy groups -OCH3 is 1. The number of Topliss-reactive ketones (excluding diaryl/α,β-unsaturated/α-hetero) is 1. The molecule has 0 radical (unpaired) electrons. The Morgan fingerprint density at radius 2 is 2.23 bits per heavy atom. The third kappa shape index (κ3) is 2.71. The van der Waals surface area contributed by atoms with Crippen LogP contribution in [0.5, 0.6) is 0 Å². The molecule has 1 saturated heterocycles. The summed E-state index contributed by atoms with van der Waals surface area (Å²) in [6.07, 6.45) is 3.71. The minimum Gasteiger partial charge on any atom is -0.419 e. The van der Waals surface area contributed by atoms with Crippen molar-refractivity contribution in [2.24, 2.45) is 0 Å². The number of piperidine rings is 1. The fourth-order valence-electron chi connectivity index (χ4n) is 2.75. The molecule has 7 nitrogen and oxygen atoms in total. The first-order valence-electron chi connectivity index (χ1n) is 6.75. The van der Waals surface area contributed by atoms with E-state index in [-0.39, 0.29) is 19.6 Å². The number of rotatable bonds is 4. The van der Waals surface area contributed by atoms with E-state index in [4.69, 9.17) is 14.6 Å². The standard InChI is InChI=1S/C14H18BrNO6/c1-9(18)22-14(21-2)11-4-3-10(15)7-16(11)8-13(20,5-6-17)12(14)19/h4,7,17,20H,3,5-6,8H2,1-2H3. The van der Waals surface area contributed by atoms with E-state index in [9.17, 15) is 14.7 Å². The molecule has 0 aliphatic carbocycles. The van der Waals surface area contributed by atoms with Crippen molar-refractivity contribution in [3.05, 3.63) is 22.5 Å². The van der Waals surface area contributed by atoms with Gasteiger partial charge >= 0.3 is 11.8 Å². The summed E-state index contributed by atoms with van der Waals surface area (Å²) >= 11 is 3.36. The number of ether oxygens (including phenoxy) is 2. The van der Waals surface area contributed by atoms with Crippen molar-refractivity contribution in [1.29, 1.82) is 0 Å². The van der Waals surface area contributed by atoms with Crippen LogP contribution in [0, 0.1) is 0 Å². The molecule has 2 unspecified atom stereocenters. The summed E-state index contributed by atoms with van der Waals surface area (Å²) in [5, 5.41) is 19.8. The predicted octanol–water partition coefficient (Wildman–Crippen LogP) is 0.414. The lowest BCUT2D eigenvalue weighted by atomic mass is 9.81. The highest BCUT2D eigenvalue weighted by Gasteiger charge is 2.61. The van der Waals surface area contributed by atoms with Crippen LogP contribution in [0.25, 0.3) is 0 Å². The molecule has 2 aliphatic rings. The van der Waals surface area contributed by atoms with Crippen molar-refractivity contribution in [1.82, 2.24) is 4.90 Å². The molecular weight excluding hydrogens is 358 g/mol. The number of aliphatic hydroxyl groups is 2. The minimum atomic E-state index is -2.02. The molecule has 0 aromatic heterocycles. The second kappa shape index (κ2) is 6.11. The van der Waals surface area contributed by atoms with Crippen molar-refractivity contribution < 1.29 is 29.3 Å². The molecule has 1 fully saturated rings. The molecule has 0 aromatic rings. The quantitative estimate of drug-likeness (QED) is 0.542. The van der Waals surface area contributed by atoms with Crippen LogP contribution in [0.2, 0.25) is 0 Å². The minimum absolute atomic E-state index is 0.0559. The summed E-state index contributed by atoms with van der Waals surface area (Å²) in [6, 6.07) is 0. The molecule has 8 heteroatoms. The highest BCUT2D eigenvalue weighted by molar-refractivity contribution is 9.11. The number of esters is 1. The van der Waals surface area contributed by atoms with Gasteiger partial charge in [-0.25, -0.2) is 0 Å². The van der Waals surface area contributed by atoms with Gasteiger partial charge in [-0.2, -0.15) is 0 Å². The largest absolute Gasteiger partial charge is 0.419 e. The van der Waals surface area contributed by atoms with Gasteiger partial charge in [0.05, 0.1) is 12.2 Å². The summed E-state index contributed by atoms with van der Waals surface area (Å²) in [4.78, 5) is 25.9. The maximum absolute atomic E-state index is 12.8. The van der Waals surface area contributed by atoms with Gasteiger partial charge in [0.2, 0.25) is 5.78 Å². The Balaban J connectivity index is 2.55. The molecule has 0 bridgehead atoms. The van der Waals surface area contributed by atoms with E-state index in [1.54, 1.807) is 17.2 Å². The molecule has 2 rings (SSSR count). The number of ketones is 1. The summed E-state index contributed by atoms with van der Waals surface area (Å²) in [7, 11) is 1.23. The highest BCUT2D eigenvalue weighted by Crippen LogP contribution is 2.41. The van der Waals surface area contributed by atoms with E-state index in [0.29, 0.717) is 12.1 Å². The second-order valence-electron chi connectivity index (χ2n) is 5.25. The topological polar surface area (TPSA) is 96.3 Å². The van der Waals surface area contributed by atoms with Gasteiger partial charge in [-0.05, 0) is 0 Å². The number of halogens is 1. The van der Waals surface area contributed by atoms with Crippen molar-refractivity contribution in [2.75, 3.05) is 20.3 Å². The fourth-order valence-corrected chi connectivity index (χ4v) is 3.16.